The first-order valence-electron chi connectivity index (χ1n) is 7.05. The minimum absolute atomic E-state index is 0.232. The van der Waals surface area contributed by atoms with E-state index in [4.69, 9.17) is 0 Å². The number of rotatable bonds is 4. The molecule has 1 amide bonds. The molecule has 0 bridgehead atoms. The lowest BCUT2D eigenvalue weighted by atomic mass is 9.89. The van der Waals surface area contributed by atoms with Gasteiger partial charge in [0.2, 0.25) is 5.91 Å². The van der Waals surface area contributed by atoms with Crippen LogP contribution in [0.15, 0.2) is 5.38 Å². The van der Waals surface area contributed by atoms with Gasteiger partial charge in [0, 0.05) is 17.2 Å². The zero-order chi connectivity index (χ0) is 12.4. The van der Waals surface area contributed by atoms with E-state index in [0.29, 0.717) is 6.54 Å². The average molecular weight is 264 g/mol. The van der Waals surface area contributed by atoms with E-state index in [1.165, 1.54) is 37.1 Å². The van der Waals surface area contributed by atoms with Crippen molar-refractivity contribution in [3.63, 3.8) is 0 Å². The first-order valence-corrected chi connectivity index (χ1v) is 7.93. The van der Waals surface area contributed by atoms with Crippen LogP contribution >= 0.6 is 11.3 Å². The number of hydrogen-bond donors (Lipinski definition) is 1. The third-order valence-corrected chi connectivity index (χ3v) is 4.97. The van der Waals surface area contributed by atoms with Gasteiger partial charge in [0.25, 0.3) is 0 Å². The van der Waals surface area contributed by atoms with E-state index in [-0.39, 0.29) is 11.8 Å². The van der Waals surface area contributed by atoms with Crippen molar-refractivity contribution < 1.29 is 4.79 Å². The summed E-state index contributed by atoms with van der Waals surface area (Å²) in [6.45, 7) is 0.610. The van der Waals surface area contributed by atoms with Crippen molar-refractivity contribution >= 4 is 17.2 Å². The van der Waals surface area contributed by atoms with E-state index < -0.39 is 0 Å². The van der Waals surface area contributed by atoms with Crippen LogP contribution in [0.25, 0.3) is 0 Å². The van der Waals surface area contributed by atoms with Gasteiger partial charge in [-0.05, 0) is 25.7 Å². The molecule has 1 aromatic rings. The first kappa shape index (κ1) is 12.2. The molecule has 1 heterocycles. The Hall–Kier alpha value is -0.900. The number of amides is 1. The molecular weight excluding hydrogens is 244 g/mol. The quantitative estimate of drug-likeness (QED) is 0.907. The summed E-state index contributed by atoms with van der Waals surface area (Å²) in [5, 5.41) is 6.40. The molecule has 98 valence electrons. The lowest BCUT2D eigenvalue weighted by Crippen LogP contribution is -2.31. The molecule has 2 fully saturated rings. The van der Waals surface area contributed by atoms with Gasteiger partial charge in [-0.15, -0.1) is 11.3 Å². The molecule has 3 nitrogen and oxygen atoms in total. The Morgan fingerprint density at radius 3 is 2.78 bits per heavy atom. The molecule has 0 unspecified atom stereocenters. The third kappa shape index (κ3) is 2.91. The van der Waals surface area contributed by atoms with Gasteiger partial charge in [-0.25, -0.2) is 4.98 Å². The molecule has 2 aliphatic rings. The van der Waals surface area contributed by atoms with Crippen molar-refractivity contribution in [1.29, 1.82) is 0 Å². The standard InChI is InChI=1S/C14H20N2OS/c17-13(10-4-2-1-3-5-10)15-8-12-9-18-14(16-12)11-6-7-11/h9-11H,1-8H2,(H,15,17). The molecule has 0 radical (unpaired) electrons. The maximum Gasteiger partial charge on any atom is 0.223 e. The van der Waals surface area contributed by atoms with Gasteiger partial charge < -0.3 is 5.32 Å². The zero-order valence-corrected chi connectivity index (χ0v) is 11.5. The lowest BCUT2D eigenvalue weighted by Gasteiger charge is -2.20. The number of hydrogen-bond acceptors (Lipinski definition) is 3. The molecule has 0 saturated heterocycles. The largest absolute Gasteiger partial charge is 0.350 e. The Labute approximate surface area is 112 Å². The minimum Gasteiger partial charge on any atom is -0.350 e. The highest BCUT2D eigenvalue weighted by Gasteiger charge is 2.26. The predicted molar refractivity (Wildman–Crippen MR) is 72.5 cm³/mol. The normalized spacial score (nSPS) is 20.9. The van der Waals surface area contributed by atoms with Crippen molar-refractivity contribution in [1.82, 2.24) is 10.3 Å². The monoisotopic (exact) mass is 264 g/mol. The van der Waals surface area contributed by atoms with Crippen LogP contribution < -0.4 is 5.32 Å². The smallest absolute Gasteiger partial charge is 0.223 e. The minimum atomic E-state index is 0.232. The van der Waals surface area contributed by atoms with Gasteiger partial charge in [-0.3, -0.25) is 4.79 Å². The number of carbonyl (C=O) groups excluding carboxylic acids is 1. The Balaban J connectivity index is 1.48. The Bertz CT molecular complexity index is 419. The Kier molecular flexibility index (Phi) is 3.64. The summed E-state index contributed by atoms with van der Waals surface area (Å²) in [6, 6.07) is 0. The molecule has 4 heteroatoms. The van der Waals surface area contributed by atoms with Gasteiger partial charge in [-0.1, -0.05) is 19.3 Å². The fourth-order valence-electron chi connectivity index (χ4n) is 2.61. The van der Waals surface area contributed by atoms with E-state index in [9.17, 15) is 4.79 Å². The third-order valence-electron chi connectivity index (χ3n) is 3.92. The number of nitrogens with one attached hydrogen (secondary N) is 1. The summed E-state index contributed by atoms with van der Waals surface area (Å²) in [5.41, 5.74) is 1.03. The fourth-order valence-corrected chi connectivity index (χ4v) is 3.60. The van der Waals surface area contributed by atoms with Crippen molar-refractivity contribution in [2.24, 2.45) is 5.92 Å². The van der Waals surface area contributed by atoms with E-state index in [2.05, 4.69) is 15.7 Å². The van der Waals surface area contributed by atoms with Crippen molar-refractivity contribution in [2.45, 2.75) is 57.4 Å². The molecule has 2 saturated carbocycles. The second-order valence-electron chi connectivity index (χ2n) is 5.50. The number of nitrogens with zero attached hydrogens (tertiary/aromatic N) is 1. The van der Waals surface area contributed by atoms with Crippen LogP contribution in [0.4, 0.5) is 0 Å². The van der Waals surface area contributed by atoms with Crippen molar-refractivity contribution in [3.05, 3.63) is 16.1 Å². The molecule has 3 rings (SSSR count). The summed E-state index contributed by atoms with van der Waals surface area (Å²) in [6.07, 6.45) is 8.43. The first-order chi connectivity index (χ1) is 8.83. The summed E-state index contributed by atoms with van der Waals surface area (Å²) < 4.78 is 0. The Morgan fingerprint density at radius 1 is 1.28 bits per heavy atom. The van der Waals surface area contributed by atoms with Gasteiger partial charge in [-0.2, -0.15) is 0 Å². The Morgan fingerprint density at radius 2 is 2.06 bits per heavy atom. The molecule has 1 aromatic heterocycles. The molecule has 2 aliphatic carbocycles. The van der Waals surface area contributed by atoms with Crippen LogP contribution in [0.1, 0.15) is 61.6 Å². The molecular formula is C14H20N2OS. The summed E-state index contributed by atoms with van der Waals surface area (Å²) in [5.74, 6) is 1.20. The number of aromatic nitrogens is 1. The molecule has 18 heavy (non-hydrogen) atoms. The highest BCUT2D eigenvalue weighted by molar-refractivity contribution is 7.09. The second-order valence-corrected chi connectivity index (χ2v) is 6.39. The molecule has 0 spiro atoms. The van der Waals surface area contributed by atoms with Crippen LogP contribution in [0.3, 0.4) is 0 Å². The summed E-state index contributed by atoms with van der Waals surface area (Å²) in [7, 11) is 0. The second kappa shape index (κ2) is 5.39. The number of carbonyl (C=O) groups is 1. The maximum atomic E-state index is 12.0. The van der Waals surface area contributed by atoms with Gasteiger partial charge >= 0.3 is 0 Å². The molecule has 0 aromatic carbocycles. The van der Waals surface area contributed by atoms with Crippen LogP contribution in [0.5, 0.6) is 0 Å². The van der Waals surface area contributed by atoms with E-state index >= 15 is 0 Å². The fraction of sp³-hybridized carbons (Fsp3) is 0.714. The molecule has 0 atom stereocenters. The van der Waals surface area contributed by atoms with E-state index in [1.807, 2.05) is 0 Å². The SMILES string of the molecule is O=C(NCc1csc(C2CC2)n1)C1CCCCC1. The summed E-state index contributed by atoms with van der Waals surface area (Å²) in [4.78, 5) is 16.6. The average Bonchev–Trinajstić information content (AvgIpc) is 3.16. The summed E-state index contributed by atoms with van der Waals surface area (Å²) >= 11 is 1.74. The lowest BCUT2D eigenvalue weighted by molar-refractivity contribution is -0.126. The van der Waals surface area contributed by atoms with Gasteiger partial charge in [0.15, 0.2) is 0 Å². The van der Waals surface area contributed by atoms with Crippen molar-refractivity contribution in [3.8, 4) is 0 Å². The molecule has 0 aliphatic heterocycles. The highest BCUT2D eigenvalue weighted by atomic mass is 32.1. The van der Waals surface area contributed by atoms with Gasteiger partial charge in [0.1, 0.15) is 0 Å². The zero-order valence-electron chi connectivity index (χ0n) is 10.7. The predicted octanol–water partition coefficient (Wildman–Crippen LogP) is 3.22. The van der Waals surface area contributed by atoms with Crippen LogP contribution in [0.2, 0.25) is 0 Å². The van der Waals surface area contributed by atoms with E-state index in [0.717, 1.165) is 24.5 Å². The highest BCUT2D eigenvalue weighted by Crippen LogP contribution is 2.41. The van der Waals surface area contributed by atoms with Crippen molar-refractivity contribution in [2.75, 3.05) is 0 Å². The molecule has 1 N–H and O–H groups in total. The number of thiazole rings is 1. The van der Waals surface area contributed by atoms with Crippen LogP contribution in [0, 0.1) is 5.92 Å². The van der Waals surface area contributed by atoms with Crippen LogP contribution in [-0.2, 0) is 11.3 Å². The van der Waals surface area contributed by atoms with Gasteiger partial charge in [0.05, 0.1) is 17.2 Å². The van der Waals surface area contributed by atoms with Crippen LogP contribution in [-0.4, -0.2) is 10.9 Å². The topological polar surface area (TPSA) is 42.0 Å². The van der Waals surface area contributed by atoms with E-state index in [1.54, 1.807) is 11.3 Å². The maximum absolute atomic E-state index is 12.0.